The van der Waals surface area contributed by atoms with Crippen LogP contribution in [0.5, 0.6) is 0 Å². The molecule has 0 saturated carbocycles. The summed E-state index contributed by atoms with van der Waals surface area (Å²) in [5, 5.41) is 3.24. The van der Waals surface area contributed by atoms with Gasteiger partial charge in [-0.15, -0.1) is 0 Å². The summed E-state index contributed by atoms with van der Waals surface area (Å²) in [6.45, 7) is 3.90. The van der Waals surface area contributed by atoms with Gasteiger partial charge in [0.1, 0.15) is 11.9 Å². The van der Waals surface area contributed by atoms with Crippen molar-refractivity contribution in [1.29, 1.82) is 0 Å². The second-order valence-electron chi connectivity index (χ2n) is 4.92. The molecular weight excluding hydrogens is 232 g/mol. The van der Waals surface area contributed by atoms with Crippen LogP contribution in [-0.4, -0.2) is 48.2 Å². The zero-order valence-electron chi connectivity index (χ0n) is 10.5. The van der Waals surface area contributed by atoms with E-state index >= 15 is 0 Å². The van der Waals surface area contributed by atoms with E-state index in [4.69, 9.17) is 4.74 Å². The first-order valence-corrected chi connectivity index (χ1v) is 6.37. The van der Waals surface area contributed by atoms with E-state index in [0.29, 0.717) is 19.0 Å². The summed E-state index contributed by atoms with van der Waals surface area (Å²) in [5.74, 6) is 0.661. The van der Waals surface area contributed by atoms with E-state index in [0.717, 1.165) is 37.3 Å². The minimum atomic E-state index is -0.122. The third kappa shape index (κ3) is 2.19. The molecule has 1 aromatic heterocycles. The lowest BCUT2D eigenvalue weighted by atomic mass is 10.1. The molecule has 2 aliphatic rings. The first-order chi connectivity index (χ1) is 8.74. The Bertz CT molecular complexity index is 499. The number of nitrogens with zero attached hydrogens (tertiary/aromatic N) is 2. The fraction of sp³-hybridized carbons (Fsp3) is 0.667. The molecule has 2 aliphatic heterocycles. The lowest BCUT2D eigenvalue weighted by molar-refractivity contribution is -0.0257. The Labute approximate surface area is 105 Å². The number of nitrogens with one attached hydrogen (secondary N) is 2. The van der Waals surface area contributed by atoms with Crippen molar-refractivity contribution >= 4 is 0 Å². The first-order valence-electron chi connectivity index (χ1n) is 6.37. The van der Waals surface area contributed by atoms with Gasteiger partial charge in [-0.05, 0) is 20.0 Å². The van der Waals surface area contributed by atoms with Crippen LogP contribution in [0.1, 0.15) is 23.2 Å². The van der Waals surface area contributed by atoms with Crippen LogP contribution in [0.15, 0.2) is 4.79 Å². The Morgan fingerprint density at radius 1 is 1.50 bits per heavy atom. The highest BCUT2D eigenvalue weighted by Gasteiger charge is 2.24. The van der Waals surface area contributed by atoms with Crippen LogP contribution in [0, 0.1) is 0 Å². The Morgan fingerprint density at radius 2 is 2.39 bits per heavy atom. The molecule has 1 saturated heterocycles. The fourth-order valence-corrected chi connectivity index (χ4v) is 2.48. The van der Waals surface area contributed by atoms with Crippen LogP contribution in [0.25, 0.3) is 0 Å². The van der Waals surface area contributed by atoms with E-state index in [2.05, 4.69) is 20.2 Å². The van der Waals surface area contributed by atoms with Gasteiger partial charge in [0.25, 0.3) is 5.56 Å². The van der Waals surface area contributed by atoms with E-state index in [1.165, 1.54) is 0 Å². The smallest absolute Gasteiger partial charge is 0.254 e. The number of aromatic amines is 1. The maximum atomic E-state index is 12.0. The first kappa shape index (κ1) is 11.8. The van der Waals surface area contributed by atoms with Crippen LogP contribution < -0.4 is 10.9 Å². The van der Waals surface area contributed by atoms with Crippen LogP contribution in [0.4, 0.5) is 0 Å². The Morgan fingerprint density at radius 3 is 3.22 bits per heavy atom. The molecule has 0 radical (unpaired) electrons. The number of morpholine rings is 1. The quantitative estimate of drug-likeness (QED) is 0.698. The van der Waals surface area contributed by atoms with Crippen LogP contribution in [0.3, 0.4) is 0 Å². The van der Waals surface area contributed by atoms with Crippen molar-refractivity contribution < 1.29 is 4.74 Å². The van der Waals surface area contributed by atoms with Gasteiger partial charge in [0.05, 0.1) is 12.3 Å². The molecule has 2 N–H and O–H groups in total. The molecule has 0 amide bonds. The summed E-state index contributed by atoms with van der Waals surface area (Å²) in [6.07, 6.45) is 0.632. The summed E-state index contributed by atoms with van der Waals surface area (Å²) < 4.78 is 5.69. The van der Waals surface area contributed by atoms with Crippen molar-refractivity contribution in [2.45, 2.75) is 19.1 Å². The highest BCUT2D eigenvalue weighted by atomic mass is 16.5. The van der Waals surface area contributed by atoms with Gasteiger partial charge in [-0.2, -0.15) is 0 Å². The van der Waals surface area contributed by atoms with Crippen molar-refractivity contribution in [1.82, 2.24) is 20.2 Å². The molecule has 3 rings (SSSR count). The fourth-order valence-electron chi connectivity index (χ4n) is 2.48. The summed E-state index contributed by atoms with van der Waals surface area (Å²) in [6, 6.07) is 0. The third-order valence-electron chi connectivity index (χ3n) is 3.54. The summed E-state index contributed by atoms with van der Waals surface area (Å²) in [4.78, 5) is 21.6. The predicted molar refractivity (Wildman–Crippen MR) is 66.5 cm³/mol. The average Bonchev–Trinajstić information content (AvgIpc) is 2.39. The number of fused-ring (bicyclic) bond motifs is 1. The molecule has 18 heavy (non-hydrogen) atoms. The highest BCUT2D eigenvalue weighted by Crippen LogP contribution is 2.18. The highest BCUT2D eigenvalue weighted by molar-refractivity contribution is 5.21. The molecule has 1 atom stereocenters. The van der Waals surface area contributed by atoms with E-state index < -0.39 is 0 Å². The summed E-state index contributed by atoms with van der Waals surface area (Å²) in [5.41, 5.74) is 1.69. The molecule has 98 valence electrons. The third-order valence-corrected chi connectivity index (χ3v) is 3.54. The lowest BCUT2D eigenvalue weighted by Crippen LogP contribution is -2.38. The topological polar surface area (TPSA) is 70.2 Å². The van der Waals surface area contributed by atoms with E-state index in [-0.39, 0.29) is 11.7 Å². The zero-order chi connectivity index (χ0) is 12.5. The molecule has 1 aromatic rings. The number of aromatic nitrogens is 2. The molecule has 6 heteroatoms. The second kappa shape index (κ2) is 4.79. The van der Waals surface area contributed by atoms with E-state index in [9.17, 15) is 4.79 Å². The van der Waals surface area contributed by atoms with Gasteiger partial charge >= 0.3 is 0 Å². The van der Waals surface area contributed by atoms with Gasteiger partial charge < -0.3 is 19.9 Å². The molecule has 0 aromatic carbocycles. The molecular formula is C12H18N4O2. The molecule has 3 heterocycles. The van der Waals surface area contributed by atoms with E-state index in [1.807, 2.05) is 7.05 Å². The average molecular weight is 250 g/mol. The van der Waals surface area contributed by atoms with Gasteiger partial charge in [-0.1, -0.05) is 0 Å². The number of rotatable bonds is 1. The number of hydrogen-bond acceptors (Lipinski definition) is 5. The van der Waals surface area contributed by atoms with Gasteiger partial charge in [0.15, 0.2) is 0 Å². The van der Waals surface area contributed by atoms with Gasteiger partial charge in [0, 0.05) is 25.2 Å². The Hall–Kier alpha value is -1.24. The molecule has 1 unspecified atom stereocenters. The maximum absolute atomic E-state index is 12.0. The Kier molecular flexibility index (Phi) is 3.15. The molecule has 0 aliphatic carbocycles. The number of ether oxygens (including phenoxy) is 1. The monoisotopic (exact) mass is 250 g/mol. The second-order valence-corrected chi connectivity index (χ2v) is 4.92. The predicted octanol–water partition coefficient (Wildman–Crippen LogP) is -0.581. The maximum Gasteiger partial charge on any atom is 0.254 e. The van der Waals surface area contributed by atoms with Crippen molar-refractivity contribution in [3.63, 3.8) is 0 Å². The van der Waals surface area contributed by atoms with Crippen LogP contribution in [-0.2, 0) is 17.7 Å². The van der Waals surface area contributed by atoms with Gasteiger partial charge in [-0.25, -0.2) is 4.98 Å². The van der Waals surface area contributed by atoms with Crippen molar-refractivity contribution in [2.75, 3.05) is 33.3 Å². The minimum Gasteiger partial charge on any atom is -0.368 e. The van der Waals surface area contributed by atoms with Crippen molar-refractivity contribution in [2.24, 2.45) is 0 Å². The van der Waals surface area contributed by atoms with Gasteiger partial charge in [-0.3, -0.25) is 4.79 Å². The van der Waals surface area contributed by atoms with E-state index in [1.54, 1.807) is 0 Å². The number of hydrogen-bond donors (Lipinski definition) is 2. The van der Waals surface area contributed by atoms with Crippen LogP contribution in [0.2, 0.25) is 0 Å². The molecule has 0 bridgehead atoms. The molecule has 1 fully saturated rings. The van der Waals surface area contributed by atoms with Crippen LogP contribution >= 0.6 is 0 Å². The largest absolute Gasteiger partial charge is 0.368 e. The zero-order valence-corrected chi connectivity index (χ0v) is 10.5. The minimum absolute atomic E-state index is 0.00618. The number of H-pyrrole nitrogens is 1. The number of likely N-dealkylation sites (N-methyl/N-ethyl adjacent to an activating group) is 1. The molecule has 0 spiro atoms. The van der Waals surface area contributed by atoms with Gasteiger partial charge in [0.2, 0.25) is 0 Å². The summed E-state index contributed by atoms with van der Waals surface area (Å²) in [7, 11) is 2.05. The molecule has 6 nitrogen and oxygen atoms in total. The Balaban J connectivity index is 1.93. The SMILES string of the molecule is CN1CCOC(c2nc3c(c(=O)[nH]2)CCNC3)C1. The normalized spacial score (nSPS) is 24.8. The summed E-state index contributed by atoms with van der Waals surface area (Å²) >= 11 is 0. The lowest BCUT2D eigenvalue weighted by Gasteiger charge is -2.29. The van der Waals surface area contributed by atoms with Crippen molar-refractivity contribution in [3.8, 4) is 0 Å². The van der Waals surface area contributed by atoms with Crippen molar-refractivity contribution in [3.05, 3.63) is 27.4 Å². The standard InChI is InChI=1S/C12H18N4O2/c1-16-4-5-18-10(7-16)11-14-9-6-13-3-2-8(9)12(17)15-11/h10,13H,2-7H2,1H3,(H,14,15,17).